The lowest BCUT2D eigenvalue weighted by Crippen LogP contribution is -2.28. The zero-order valence-corrected chi connectivity index (χ0v) is 11.7. The van der Waals surface area contributed by atoms with Crippen molar-refractivity contribution in [1.29, 1.82) is 0 Å². The lowest BCUT2D eigenvalue weighted by atomic mass is 9.80. The summed E-state index contributed by atoms with van der Waals surface area (Å²) < 4.78 is 36.9. The van der Waals surface area contributed by atoms with Crippen molar-refractivity contribution in [3.05, 3.63) is 23.8 Å². The van der Waals surface area contributed by atoms with Gasteiger partial charge in [-0.15, -0.1) is 0 Å². The number of halogens is 2. The Morgan fingerprint density at radius 3 is 2.10 bits per heavy atom. The third-order valence-corrected chi connectivity index (χ3v) is 3.97. The number of aliphatic hydroxyl groups is 1. The minimum atomic E-state index is -2.60. The van der Waals surface area contributed by atoms with Crippen LogP contribution in [0.25, 0.3) is 0 Å². The zero-order chi connectivity index (χ0) is 14.8. The number of ether oxygens (including phenoxy) is 2. The zero-order valence-electron chi connectivity index (χ0n) is 11.7. The predicted molar refractivity (Wildman–Crippen MR) is 71.4 cm³/mol. The maximum atomic E-state index is 13.2. The van der Waals surface area contributed by atoms with E-state index in [1.807, 2.05) is 0 Å². The van der Waals surface area contributed by atoms with Gasteiger partial charge in [-0.2, -0.15) is 0 Å². The molecule has 0 bridgehead atoms. The highest BCUT2D eigenvalue weighted by Crippen LogP contribution is 2.45. The average Bonchev–Trinajstić information content (AvgIpc) is 2.45. The summed E-state index contributed by atoms with van der Waals surface area (Å²) in [5, 5.41) is 10.5. The fourth-order valence-electron chi connectivity index (χ4n) is 2.79. The van der Waals surface area contributed by atoms with Gasteiger partial charge in [0.15, 0.2) is 0 Å². The van der Waals surface area contributed by atoms with Gasteiger partial charge in [0, 0.05) is 12.8 Å². The minimum Gasteiger partial charge on any atom is -0.496 e. The fraction of sp³-hybridized carbons (Fsp3) is 0.600. The number of rotatable bonds is 4. The molecule has 0 aliphatic heterocycles. The molecule has 0 saturated heterocycles. The SMILES string of the molecule is COc1cccc(OC)c1C(O)C1CCC(F)(F)CC1. The van der Waals surface area contributed by atoms with Gasteiger partial charge in [0.1, 0.15) is 11.5 Å². The van der Waals surface area contributed by atoms with E-state index in [9.17, 15) is 13.9 Å². The molecule has 0 spiro atoms. The van der Waals surface area contributed by atoms with Gasteiger partial charge < -0.3 is 14.6 Å². The Hall–Kier alpha value is -1.36. The molecular formula is C15H20F2O3. The third-order valence-electron chi connectivity index (χ3n) is 3.97. The van der Waals surface area contributed by atoms with E-state index in [1.54, 1.807) is 18.2 Å². The number of benzene rings is 1. The maximum absolute atomic E-state index is 13.2. The molecule has 0 amide bonds. The van der Waals surface area contributed by atoms with Crippen molar-refractivity contribution in [2.45, 2.75) is 37.7 Å². The standard InChI is InChI=1S/C15H20F2O3/c1-19-11-4-3-5-12(20-2)13(11)14(18)10-6-8-15(16,17)9-7-10/h3-5,10,14,18H,6-9H2,1-2H3. The molecule has 1 aliphatic rings. The largest absolute Gasteiger partial charge is 0.496 e. The van der Waals surface area contributed by atoms with E-state index in [0.29, 0.717) is 29.9 Å². The van der Waals surface area contributed by atoms with E-state index >= 15 is 0 Å². The molecule has 5 heteroatoms. The molecule has 1 aliphatic carbocycles. The van der Waals surface area contributed by atoms with Gasteiger partial charge in [-0.05, 0) is 30.9 Å². The normalized spacial score (nSPS) is 20.4. The van der Waals surface area contributed by atoms with Crippen molar-refractivity contribution in [3.8, 4) is 11.5 Å². The number of hydrogen-bond acceptors (Lipinski definition) is 3. The summed E-state index contributed by atoms with van der Waals surface area (Å²) in [6.45, 7) is 0. The summed E-state index contributed by atoms with van der Waals surface area (Å²) >= 11 is 0. The van der Waals surface area contributed by atoms with Crippen molar-refractivity contribution >= 4 is 0 Å². The minimum absolute atomic E-state index is 0.174. The van der Waals surface area contributed by atoms with E-state index in [2.05, 4.69) is 0 Å². The molecular weight excluding hydrogens is 266 g/mol. The van der Waals surface area contributed by atoms with Crippen LogP contribution >= 0.6 is 0 Å². The molecule has 1 unspecified atom stereocenters. The first-order chi connectivity index (χ1) is 9.48. The summed E-state index contributed by atoms with van der Waals surface area (Å²) in [7, 11) is 3.03. The van der Waals surface area contributed by atoms with E-state index in [1.165, 1.54) is 14.2 Å². The topological polar surface area (TPSA) is 38.7 Å². The quantitative estimate of drug-likeness (QED) is 0.919. The smallest absolute Gasteiger partial charge is 0.248 e. The molecule has 1 N–H and O–H groups in total. The molecule has 2 rings (SSSR count). The highest BCUT2D eigenvalue weighted by atomic mass is 19.3. The first-order valence-electron chi connectivity index (χ1n) is 6.75. The molecule has 20 heavy (non-hydrogen) atoms. The van der Waals surface area contributed by atoms with Crippen LogP contribution in [-0.4, -0.2) is 25.2 Å². The average molecular weight is 286 g/mol. The molecule has 0 radical (unpaired) electrons. The van der Waals surface area contributed by atoms with Crippen molar-refractivity contribution in [2.24, 2.45) is 5.92 Å². The second-order valence-electron chi connectivity index (χ2n) is 5.21. The van der Waals surface area contributed by atoms with Crippen LogP contribution in [0.1, 0.15) is 37.4 Å². The van der Waals surface area contributed by atoms with Crippen LogP contribution in [-0.2, 0) is 0 Å². The molecule has 0 heterocycles. The Morgan fingerprint density at radius 2 is 1.65 bits per heavy atom. The monoisotopic (exact) mass is 286 g/mol. The van der Waals surface area contributed by atoms with E-state index < -0.39 is 12.0 Å². The highest BCUT2D eigenvalue weighted by molar-refractivity contribution is 5.46. The van der Waals surface area contributed by atoms with E-state index in [4.69, 9.17) is 9.47 Å². The van der Waals surface area contributed by atoms with Crippen molar-refractivity contribution in [3.63, 3.8) is 0 Å². The fourth-order valence-corrected chi connectivity index (χ4v) is 2.79. The molecule has 0 aromatic heterocycles. The molecule has 1 atom stereocenters. The Bertz CT molecular complexity index is 430. The number of methoxy groups -OCH3 is 2. The van der Waals surface area contributed by atoms with Crippen LogP contribution in [0.3, 0.4) is 0 Å². The highest BCUT2D eigenvalue weighted by Gasteiger charge is 2.38. The molecule has 112 valence electrons. The maximum Gasteiger partial charge on any atom is 0.248 e. The van der Waals surface area contributed by atoms with Crippen molar-refractivity contribution in [2.75, 3.05) is 14.2 Å². The van der Waals surface area contributed by atoms with Gasteiger partial charge in [0.2, 0.25) is 5.92 Å². The van der Waals surface area contributed by atoms with Crippen LogP contribution < -0.4 is 9.47 Å². The van der Waals surface area contributed by atoms with Gasteiger partial charge in [-0.1, -0.05) is 6.07 Å². The lowest BCUT2D eigenvalue weighted by molar-refractivity contribution is -0.0630. The molecule has 3 nitrogen and oxygen atoms in total. The second-order valence-corrected chi connectivity index (χ2v) is 5.21. The predicted octanol–water partition coefficient (Wildman–Crippen LogP) is 3.56. The Morgan fingerprint density at radius 1 is 1.15 bits per heavy atom. The molecule has 1 aromatic carbocycles. The van der Waals surface area contributed by atoms with Gasteiger partial charge in [-0.3, -0.25) is 0 Å². The van der Waals surface area contributed by atoms with Crippen LogP contribution in [0.5, 0.6) is 11.5 Å². The van der Waals surface area contributed by atoms with Crippen LogP contribution in [0.2, 0.25) is 0 Å². The Balaban J connectivity index is 2.23. The summed E-state index contributed by atoms with van der Waals surface area (Å²) in [4.78, 5) is 0. The van der Waals surface area contributed by atoms with Crippen LogP contribution in [0.4, 0.5) is 8.78 Å². The van der Waals surface area contributed by atoms with Crippen molar-refractivity contribution < 1.29 is 23.4 Å². The first kappa shape index (κ1) is 15.0. The van der Waals surface area contributed by atoms with Gasteiger partial charge >= 0.3 is 0 Å². The first-order valence-corrected chi connectivity index (χ1v) is 6.75. The van der Waals surface area contributed by atoms with E-state index in [-0.39, 0.29) is 18.8 Å². The second kappa shape index (κ2) is 5.95. The third kappa shape index (κ3) is 3.03. The Kier molecular flexibility index (Phi) is 4.48. The summed E-state index contributed by atoms with van der Waals surface area (Å²) in [6, 6.07) is 5.24. The number of aliphatic hydroxyl groups excluding tert-OH is 1. The van der Waals surface area contributed by atoms with Gasteiger partial charge in [-0.25, -0.2) is 8.78 Å². The van der Waals surface area contributed by atoms with Crippen LogP contribution in [0.15, 0.2) is 18.2 Å². The van der Waals surface area contributed by atoms with Gasteiger partial charge in [0.05, 0.1) is 25.9 Å². The summed E-state index contributed by atoms with van der Waals surface area (Å²) in [5.74, 6) is -1.75. The van der Waals surface area contributed by atoms with Gasteiger partial charge in [0.25, 0.3) is 0 Å². The summed E-state index contributed by atoms with van der Waals surface area (Å²) in [5.41, 5.74) is 0.549. The number of hydrogen-bond donors (Lipinski definition) is 1. The number of alkyl halides is 2. The van der Waals surface area contributed by atoms with E-state index in [0.717, 1.165) is 0 Å². The molecule has 1 saturated carbocycles. The summed E-state index contributed by atoms with van der Waals surface area (Å²) in [6.07, 6.45) is -0.597. The molecule has 1 fully saturated rings. The lowest BCUT2D eigenvalue weighted by Gasteiger charge is -2.32. The van der Waals surface area contributed by atoms with Crippen LogP contribution in [0, 0.1) is 5.92 Å². The van der Waals surface area contributed by atoms with Crippen molar-refractivity contribution in [1.82, 2.24) is 0 Å². The Labute approximate surface area is 117 Å². The molecule has 1 aromatic rings.